The first-order valence-corrected chi connectivity index (χ1v) is 14.8. The molecule has 0 aliphatic rings. The van der Waals surface area contributed by atoms with Gasteiger partial charge in [-0.3, -0.25) is 0 Å². The molecule has 4 aromatic carbocycles. The van der Waals surface area contributed by atoms with Crippen molar-refractivity contribution < 1.29 is 18.9 Å². The van der Waals surface area contributed by atoms with Crippen LogP contribution in [-0.2, 0) is 45.4 Å². The van der Waals surface area contributed by atoms with Crippen LogP contribution in [0, 0.1) is 0 Å². The van der Waals surface area contributed by atoms with Crippen molar-refractivity contribution in [3.63, 3.8) is 0 Å². The molecule has 4 rings (SSSR count). The van der Waals surface area contributed by atoms with E-state index in [1.807, 2.05) is 84.9 Å². The SMILES string of the molecule is C=C[C@@H](OCc1ccccc1)[C@@H](CNC[C@@H](OCc1ccccc1)[C@@H](C=C)OCc1ccccc1)OCc1ccccc1. The second-order valence-corrected chi connectivity index (χ2v) is 10.3. The summed E-state index contributed by atoms with van der Waals surface area (Å²) in [5, 5.41) is 3.58. The quantitative estimate of drug-likeness (QED) is 0.112. The maximum Gasteiger partial charge on any atom is 0.103 e. The maximum absolute atomic E-state index is 6.42. The largest absolute Gasteiger partial charge is 0.369 e. The van der Waals surface area contributed by atoms with Crippen LogP contribution in [0.1, 0.15) is 22.3 Å². The van der Waals surface area contributed by atoms with Gasteiger partial charge in [0.2, 0.25) is 0 Å². The highest BCUT2D eigenvalue weighted by molar-refractivity contribution is 5.16. The molecular weight excluding hydrogens is 534 g/mol. The van der Waals surface area contributed by atoms with Crippen molar-refractivity contribution in [3.05, 3.63) is 169 Å². The Morgan fingerprint density at radius 2 is 0.721 bits per heavy atom. The second-order valence-electron chi connectivity index (χ2n) is 10.3. The molecule has 0 aliphatic heterocycles. The predicted octanol–water partition coefficient (Wildman–Crippen LogP) is 7.29. The number of nitrogens with one attached hydrogen (secondary N) is 1. The summed E-state index contributed by atoms with van der Waals surface area (Å²) in [6.45, 7) is 11.1. The molecule has 4 atom stereocenters. The third-order valence-corrected chi connectivity index (χ3v) is 7.07. The first-order valence-electron chi connectivity index (χ1n) is 14.8. The standard InChI is InChI=1S/C38H43NO4/c1-3-35(40-27-31-17-9-5-10-18-31)37(42-29-33-21-13-7-14-22-33)25-39-26-38(43-30-34-23-15-8-16-24-34)36(4-2)41-28-32-19-11-6-12-20-32/h3-24,35-39H,1-2,25-30H2/t35-,36-,37-,38-/m1/s1. The van der Waals surface area contributed by atoms with E-state index >= 15 is 0 Å². The van der Waals surface area contributed by atoms with E-state index in [4.69, 9.17) is 18.9 Å². The average molecular weight is 578 g/mol. The van der Waals surface area contributed by atoms with Crippen LogP contribution < -0.4 is 5.32 Å². The molecule has 0 spiro atoms. The molecule has 0 saturated carbocycles. The van der Waals surface area contributed by atoms with Crippen molar-refractivity contribution in [1.82, 2.24) is 5.32 Å². The van der Waals surface area contributed by atoms with Crippen LogP contribution in [0.2, 0.25) is 0 Å². The molecule has 0 bridgehead atoms. The van der Waals surface area contributed by atoms with Gasteiger partial charge in [-0.25, -0.2) is 0 Å². The minimum atomic E-state index is -0.315. The normalized spacial score (nSPS) is 14.0. The predicted molar refractivity (Wildman–Crippen MR) is 173 cm³/mol. The third-order valence-electron chi connectivity index (χ3n) is 7.07. The van der Waals surface area contributed by atoms with Gasteiger partial charge in [0, 0.05) is 13.1 Å². The Bertz CT molecular complexity index is 1200. The van der Waals surface area contributed by atoms with Crippen LogP contribution in [0.15, 0.2) is 147 Å². The van der Waals surface area contributed by atoms with Gasteiger partial charge in [0.05, 0.1) is 26.4 Å². The Labute approximate surface area is 256 Å². The zero-order valence-electron chi connectivity index (χ0n) is 24.8. The van der Waals surface area contributed by atoms with Crippen LogP contribution in [0.25, 0.3) is 0 Å². The number of rotatable bonds is 20. The smallest absolute Gasteiger partial charge is 0.103 e. The molecular formula is C38H43NO4. The second kappa shape index (κ2) is 18.6. The van der Waals surface area contributed by atoms with Crippen molar-refractivity contribution >= 4 is 0 Å². The third kappa shape index (κ3) is 11.4. The monoisotopic (exact) mass is 577 g/mol. The highest BCUT2D eigenvalue weighted by Crippen LogP contribution is 2.15. The van der Waals surface area contributed by atoms with Gasteiger partial charge in [-0.1, -0.05) is 133 Å². The number of ether oxygens (including phenoxy) is 4. The van der Waals surface area contributed by atoms with E-state index in [0.717, 1.165) is 22.3 Å². The molecule has 224 valence electrons. The summed E-state index contributed by atoms with van der Waals surface area (Å²) < 4.78 is 25.4. The van der Waals surface area contributed by atoms with Gasteiger partial charge in [0.25, 0.3) is 0 Å². The van der Waals surface area contributed by atoms with Crippen molar-refractivity contribution in [2.24, 2.45) is 0 Å². The first kappa shape index (κ1) is 32.1. The van der Waals surface area contributed by atoms with Crippen molar-refractivity contribution in [1.29, 1.82) is 0 Å². The van der Waals surface area contributed by atoms with Gasteiger partial charge < -0.3 is 24.3 Å². The van der Waals surface area contributed by atoms with Crippen LogP contribution >= 0.6 is 0 Å². The van der Waals surface area contributed by atoms with Crippen molar-refractivity contribution in [3.8, 4) is 0 Å². The fourth-order valence-corrected chi connectivity index (χ4v) is 4.65. The zero-order valence-corrected chi connectivity index (χ0v) is 24.8. The van der Waals surface area contributed by atoms with Crippen LogP contribution in [0.3, 0.4) is 0 Å². The summed E-state index contributed by atoms with van der Waals surface area (Å²) >= 11 is 0. The van der Waals surface area contributed by atoms with Crippen LogP contribution in [-0.4, -0.2) is 37.5 Å². The van der Waals surface area contributed by atoms with E-state index in [1.165, 1.54) is 0 Å². The van der Waals surface area contributed by atoms with Gasteiger partial charge >= 0.3 is 0 Å². The molecule has 0 unspecified atom stereocenters. The number of hydrogen-bond acceptors (Lipinski definition) is 5. The summed E-state index contributed by atoms with van der Waals surface area (Å²) in [5.74, 6) is 0. The van der Waals surface area contributed by atoms with E-state index in [2.05, 4.69) is 67.0 Å². The molecule has 4 aromatic rings. The summed E-state index contributed by atoms with van der Waals surface area (Å²) in [7, 11) is 0. The average Bonchev–Trinajstić information content (AvgIpc) is 3.07. The first-order chi connectivity index (χ1) is 21.2. The molecule has 1 N–H and O–H groups in total. The minimum absolute atomic E-state index is 0.274. The van der Waals surface area contributed by atoms with Gasteiger partial charge in [0.15, 0.2) is 0 Å². The van der Waals surface area contributed by atoms with E-state index < -0.39 is 0 Å². The van der Waals surface area contributed by atoms with Crippen molar-refractivity contribution in [2.45, 2.75) is 50.8 Å². The highest BCUT2D eigenvalue weighted by atomic mass is 16.5. The molecule has 0 fully saturated rings. The molecule has 0 saturated heterocycles. The Morgan fingerprint density at radius 1 is 0.442 bits per heavy atom. The fraction of sp³-hybridized carbons (Fsp3) is 0.263. The Morgan fingerprint density at radius 3 is 1.00 bits per heavy atom. The molecule has 5 heteroatoms. The molecule has 0 radical (unpaired) electrons. The lowest BCUT2D eigenvalue weighted by Crippen LogP contribution is -2.44. The van der Waals surface area contributed by atoms with Gasteiger partial charge in [-0.2, -0.15) is 0 Å². The van der Waals surface area contributed by atoms with Crippen LogP contribution in [0.4, 0.5) is 0 Å². The summed E-state index contributed by atoms with van der Waals surface area (Å²) in [6, 6.07) is 40.6. The van der Waals surface area contributed by atoms with Crippen molar-refractivity contribution in [2.75, 3.05) is 13.1 Å². The van der Waals surface area contributed by atoms with E-state index in [-0.39, 0.29) is 24.4 Å². The molecule has 5 nitrogen and oxygen atoms in total. The maximum atomic E-state index is 6.42. The number of benzene rings is 4. The van der Waals surface area contributed by atoms with Gasteiger partial charge in [-0.15, -0.1) is 13.2 Å². The Kier molecular flexibility index (Phi) is 13.9. The molecule has 43 heavy (non-hydrogen) atoms. The highest BCUT2D eigenvalue weighted by Gasteiger charge is 2.24. The molecule has 0 amide bonds. The molecule has 0 aromatic heterocycles. The molecule has 0 heterocycles. The van der Waals surface area contributed by atoms with E-state index in [0.29, 0.717) is 39.5 Å². The molecule has 0 aliphatic carbocycles. The lowest BCUT2D eigenvalue weighted by atomic mass is 10.1. The summed E-state index contributed by atoms with van der Waals surface area (Å²) in [6.07, 6.45) is 2.46. The summed E-state index contributed by atoms with van der Waals surface area (Å²) in [4.78, 5) is 0. The zero-order chi connectivity index (χ0) is 30.0. The van der Waals surface area contributed by atoms with Crippen LogP contribution in [0.5, 0.6) is 0 Å². The lowest BCUT2D eigenvalue weighted by molar-refractivity contribution is -0.0746. The minimum Gasteiger partial charge on any atom is -0.369 e. The lowest BCUT2D eigenvalue weighted by Gasteiger charge is -2.29. The number of hydrogen-bond donors (Lipinski definition) is 1. The summed E-state index contributed by atoms with van der Waals surface area (Å²) in [5.41, 5.74) is 4.40. The van der Waals surface area contributed by atoms with Gasteiger partial charge in [0.1, 0.15) is 24.4 Å². The van der Waals surface area contributed by atoms with E-state index in [9.17, 15) is 0 Å². The topological polar surface area (TPSA) is 49.0 Å². The Balaban J connectivity index is 1.41. The van der Waals surface area contributed by atoms with E-state index in [1.54, 1.807) is 0 Å². The fourth-order valence-electron chi connectivity index (χ4n) is 4.65. The van der Waals surface area contributed by atoms with Gasteiger partial charge in [-0.05, 0) is 22.3 Å². The Hall–Kier alpha value is -3.84.